The van der Waals surface area contributed by atoms with Crippen molar-refractivity contribution in [1.82, 2.24) is 9.97 Å². The molecule has 0 aliphatic carbocycles. The van der Waals surface area contributed by atoms with Crippen molar-refractivity contribution in [2.75, 3.05) is 5.43 Å². The maximum atomic E-state index is 10.9. The summed E-state index contributed by atoms with van der Waals surface area (Å²) < 4.78 is 0.941. The first-order valence-corrected chi connectivity index (χ1v) is 7.34. The van der Waals surface area contributed by atoms with Crippen LogP contribution in [0.4, 0.5) is 5.82 Å². The molecule has 3 aromatic rings. The fraction of sp³-hybridized carbons (Fsp3) is 0.0667. The molecule has 0 spiro atoms. The summed E-state index contributed by atoms with van der Waals surface area (Å²) in [4.78, 5) is 19.3. The van der Waals surface area contributed by atoms with Crippen LogP contribution in [0.3, 0.4) is 0 Å². The SMILES string of the molecule is Cc1csc2c(NN=Cc3cccc(C(=O)O)c3)ncnc12. The molecule has 0 saturated heterocycles. The lowest BCUT2D eigenvalue weighted by atomic mass is 10.1. The quantitative estimate of drug-likeness (QED) is 0.571. The fourth-order valence-corrected chi connectivity index (χ4v) is 2.91. The van der Waals surface area contributed by atoms with Crippen molar-refractivity contribution >= 4 is 39.6 Å². The number of rotatable bonds is 4. The van der Waals surface area contributed by atoms with E-state index >= 15 is 0 Å². The number of benzene rings is 1. The minimum atomic E-state index is -0.963. The molecule has 0 atom stereocenters. The average molecular weight is 312 g/mol. The molecule has 0 amide bonds. The van der Waals surface area contributed by atoms with Crippen molar-refractivity contribution in [3.8, 4) is 0 Å². The van der Waals surface area contributed by atoms with Crippen LogP contribution in [0.2, 0.25) is 0 Å². The molecule has 0 fully saturated rings. The molecular weight excluding hydrogens is 300 g/mol. The summed E-state index contributed by atoms with van der Waals surface area (Å²) in [6.07, 6.45) is 3.05. The van der Waals surface area contributed by atoms with Crippen LogP contribution in [0.1, 0.15) is 21.5 Å². The van der Waals surface area contributed by atoms with Crippen molar-refractivity contribution < 1.29 is 9.90 Å². The van der Waals surface area contributed by atoms with Crippen LogP contribution in [-0.2, 0) is 0 Å². The van der Waals surface area contributed by atoms with Crippen LogP contribution < -0.4 is 5.43 Å². The van der Waals surface area contributed by atoms with Gasteiger partial charge < -0.3 is 5.11 Å². The number of aromatic carboxylic acids is 1. The summed E-state index contributed by atoms with van der Waals surface area (Å²) in [6.45, 7) is 2.00. The second-order valence-electron chi connectivity index (χ2n) is 4.62. The first-order valence-electron chi connectivity index (χ1n) is 6.46. The van der Waals surface area contributed by atoms with Gasteiger partial charge >= 0.3 is 5.97 Å². The Hall–Kier alpha value is -2.80. The first kappa shape index (κ1) is 14.2. The average Bonchev–Trinajstić information content (AvgIpc) is 2.90. The van der Waals surface area contributed by atoms with Gasteiger partial charge in [0.2, 0.25) is 0 Å². The number of carbonyl (C=O) groups is 1. The third-order valence-electron chi connectivity index (χ3n) is 3.05. The largest absolute Gasteiger partial charge is 0.478 e. The molecule has 1 aromatic carbocycles. The van der Waals surface area contributed by atoms with Crippen LogP contribution in [0.5, 0.6) is 0 Å². The van der Waals surface area contributed by atoms with Crippen molar-refractivity contribution in [3.05, 3.63) is 52.7 Å². The number of fused-ring (bicyclic) bond motifs is 1. The Morgan fingerprint density at radius 3 is 3.09 bits per heavy atom. The topological polar surface area (TPSA) is 87.5 Å². The molecule has 6 nitrogen and oxygen atoms in total. The van der Waals surface area contributed by atoms with E-state index in [4.69, 9.17) is 5.11 Å². The van der Waals surface area contributed by atoms with Gasteiger partial charge in [0.1, 0.15) is 6.33 Å². The molecule has 0 unspecified atom stereocenters. The highest BCUT2D eigenvalue weighted by Crippen LogP contribution is 2.28. The molecule has 0 bridgehead atoms. The number of hydrogen-bond donors (Lipinski definition) is 2. The van der Waals surface area contributed by atoms with Gasteiger partial charge in [0, 0.05) is 0 Å². The Balaban J connectivity index is 1.82. The number of nitrogens with zero attached hydrogens (tertiary/aromatic N) is 3. The number of hydrazone groups is 1. The number of aryl methyl sites for hydroxylation is 1. The third-order valence-corrected chi connectivity index (χ3v) is 4.14. The number of thiophene rings is 1. The van der Waals surface area contributed by atoms with Gasteiger partial charge in [-0.2, -0.15) is 5.10 Å². The van der Waals surface area contributed by atoms with Gasteiger partial charge in [0.05, 0.1) is 22.0 Å². The third kappa shape index (κ3) is 2.79. The molecule has 0 radical (unpaired) electrons. The van der Waals surface area contributed by atoms with E-state index in [-0.39, 0.29) is 5.56 Å². The zero-order chi connectivity index (χ0) is 15.5. The number of hydrogen-bond acceptors (Lipinski definition) is 6. The normalized spacial score (nSPS) is 11.1. The Bertz CT molecular complexity index is 873. The molecule has 2 aromatic heterocycles. The summed E-state index contributed by atoms with van der Waals surface area (Å²) >= 11 is 1.55. The molecule has 22 heavy (non-hydrogen) atoms. The van der Waals surface area contributed by atoms with Crippen molar-refractivity contribution in [2.45, 2.75) is 6.92 Å². The van der Waals surface area contributed by atoms with Gasteiger partial charge in [0.15, 0.2) is 5.82 Å². The molecule has 0 aliphatic rings. The summed E-state index contributed by atoms with van der Waals surface area (Å²) in [5.41, 5.74) is 5.81. The van der Waals surface area contributed by atoms with E-state index in [0.717, 1.165) is 15.8 Å². The van der Waals surface area contributed by atoms with E-state index in [2.05, 4.69) is 20.5 Å². The first-order chi connectivity index (χ1) is 10.6. The molecule has 110 valence electrons. The van der Waals surface area contributed by atoms with Crippen LogP contribution in [0.25, 0.3) is 10.2 Å². The monoisotopic (exact) mass is 312 g/mol. The predicted octanol–water partition coefficient (Wildman–Crippen LogP) is 3.14. The maximum absolute atomic E-state index is 10.9. The van der Waals surface area contributed by atoms with E-state index in [1.807, 2.05) is 12.3 Å². The predicted molar refractivity (Wildman–Crippen MR) is 86.8 cm³/mol. The van der Waals surface area contributed by atoms with E-state index < -0.39 is 5.97 Å². The molecular formula is C15H12N4O2S. The number of carboxylic acid groups (broad SMARTS) is 1. The lowest BCUT2D eigenvalue weighted by Gasteiger charge is -2.00. The second-order valence-corrected chi connectivity index (χ2v) is 5.50. The lowest BCUT2D eigenvalue weighted by molar-refractivity contribution is 0.0697. The summed E-state index contributed by atoms with van der Waals surface area (Å²) in [5.74, 6) is -0.330. The summed E-state index contributed by atoms with van der Waals surface area (Å²) in [7, 11) is 0. The van der Waals surface area contributed by atoms with Crippen molar-refractivity contribution in [3.63, 3.8) is 0 Å². The van der Waals surface area contributed by atoms with Crippen LogP contribution in [0, 0.1) is 6.92 Å². The Morgan fingerprint density at radius 1 is 1.41 bits per heavy atom. The van der Waals surface area contributed by atoms with E-state index in [0.29, 0.717) is 11.4 Å². The molecule has 2 N–H and O–H groups in total. The molecule has 0 aliphatic heterocycles. The van der Waals surface area contributed by atoms with Gasteiger partial charge in [-0.25, -0.2) is 14.8 Å². The van der Waals surface area contributed by atoms with Gasteiger partial charge in [0.25, 0.3) is 0 Å². The summed E-state index contributed by atoms with van der Waals surface area (Å²) in [5, 5.41) is 15.1. The Morgan fingerprint density at radius 2 is 2.27 bits per heavy atom. The highest BCUT2D eigenvalue weighted by atomic mass is 32.1. The number of anilines is 1. The van der Waals surface area contributed by atoms with E-state index in [9.17, 15) is 4.79 Å². The number of carboxylic acids is 1. The number of aromatic nitrogens is 2. The molecule has 0 saturated carbocycles. The fourth-order valence-electron chi connectivity index (χ4n) is 1.97. The molecule has 3 rings (SSSR count). The second kappa shape index (κ2) is 5.90. The molecule has 7 heteroatoms. The standard InChI is InChI=1S/C15H12N4O2S/c1-9-7-22-13-12(9)16-8-17-14(13)19-18-6-10-3-2-4-11(5-10)15(20)21/h2-8H,1H3,(H,20,21)(H,16,17,19). The summed E-state index contributed by atoms with van der Waals surface area (Å²) in [6, 6.07) is 6.55. The Kier molecular flexibility index (Phi) is 3.80. The van der Waals surface area contributed by atoms with Gasteiger partial charge in [-0.05, 0) is 35.6 Å². The highest BCUT2D eigenvalue weighted by Gasteiger charge is 2.07. The van der Waals surface area contributed by atoms with Crippen LogP contribution in [0.15, 0.2) is 41.1 Å². The van der Waals surface area contributed by atoms with Crippen molar-refractivity contribution in [1.29, 1.82) is 0 Å². The van der Waals surface area contributed by atoms with E-state index in [1.165, 1.54) is 12.4 Å². The number of nitrogens with one attached hydrogen (secondary N) is 1. The van der Waals surface area contributed by atoms with Gasteiger partial charge in [-0.3, -0.25) is 5.43 Å². The van der Waals surface area contributed by atoms with Crippen LogP contribution in [-0.4, -0.2) is 27.3 Å². The van der Waals surface area contributed by atoms with Gasteiger partial charge in [-0.15, -0.1) is 11.3 Å². The minimum Gasteiger partial charge on any atom is -0.478 e. The van der Waals surface area contributed by atoms with Crippen LogP contribution >= 0.6 is 11.3 Å². The minimum absolute atomic E-state index is 0.224. The zero-order valence-electron chi connectivity index (χ0n) is 11.6. The van der Waals surface area contributed by atoms with Gasteiger partial charge in [-0.1, -0.05) is 12.1 Å². The zero-order valence-corrected chi connectivity index (χ0v) is 12.5. The smallest absolute Gasteiger partial charge is 0.335 e. The lowest BCUT2D eigenvalue weighted by Crippen LogP contribution is -1.98. The maximum Gasteiger partial charge on any atom is 0.335 e. The van der Waals surface area contributed by atoms with Crippen molar-refractivity contribution in [2.24, 2.45) is 5.10 Å². The highest BCUT2D eigenvalue weighted by molar-refractivity contribution is 7.18. The van der Waals surface area contributed by atoms with E-state index in [1.54, 1.807) is 35.8 Å². The molecule has 2 heterocycles. The Labute approximate surface area is 130 Å².